The minimum Gasteiger partial charge on any atom is -0.233 e. The van der Waals surface area contributed by atoms with Crippen LogP contribution in [0.5, 0.6) is 0 Å². The largest absolute Gasteiger partial charge is 0.233 e. The highest BCUT2D eigenvalue weighted by atomic mass is 17.2. The standard InChI is InChI=1S/C30H62O8/c1-22(31-33-25(3,4)5)20-24(23(2)32-34-26(6,7)8)21-30(17,38-36-28(12,13)14)19-18-29(15,16)37-35-27(9,10)11/h22-24H,18-21H2,1-17H3. The fourth-order valence-electron chi connectivity index (χ4n) is 3.23. The van der Waals surface area contributed by atoms with Crippen LogP contribution in [0.3, 0.4) is 0 Å². The Bertz CT molecular complexity index is 651. The van der Waals surface area contributed by atoms with Crippen molar-refractivity contribution in [3.8, 4) is 0 Å². The molecule has 0 rings (SSSR count). The van der Waals surface area contributed by atoms with Gasteiger partial charge in [0.15, 0.2) is 0 Å². The van der Waals surface area contributed by atoms with Crippen LogP contribution in [0.1, 0.15) is 143 Å². The van der Waals surface area contributed by atoms with Crippen LogP contribution in [0, 0.1) is 5.92 Å². The highest BCUT2D eigenvalue weighted by Gasteiger charge is 2.38. The van der Waals surface area contributed by atoms with E-state index in [1.807, 2.05) is 111 Å². The molecule has 0 aromatic rings. The van der Waals surface area contributed by atoms with Crippen molar-refractivity contribution < 1.29 is 39.1 Å². The molecule has 0 saturated carbocycles. The molecular weight excluding hydrogens is 488 g/mol. The Labute approximate surface area is 234 Å². The van der Waals surface area contributed by atoms with Gasteiger partial charge < -0.3 is 0 Å². The predicted octanol–water partition coefficient (Wildman–Crippen LogP) is 8.46. The average Bonchev–Trinajstić information content (AvgIpc) is 2.70. The molecule has 230 valence electrons. The molecule has 0 bridgehead atoms. The van der Waals surface area contributed by atoms with Gasteiger partial charge in [-0.05, 0) is 149 Å². The third kappa shape index (κ3) is 20.6. The lowest BCUT2D eigenvalue weighted by Crippen LogP contribution is -2.41. The van der Waals surface area contributed by atoms with Crippen LogP contribution >= 0.6 is 0 Å². The van der Waals surface area contributed by atoms with E-state index in [9.17, 15) is 0 Å². The fraction of sp³-hybridized carbons (Fsp3) is 1.00. The van der Waals surface area contributed by atoms with Crippen molar-refractivity contribution in [2.45, 2.75) is 189 Å². The molecule has 4 atom stereocenters. The number of hydrogen-bond donors (Lipinski definition) is 0. The summed E-state index contributed by atoms with van der Waals surface area (Å²) in [5.41, 5.74) is -2.87. The first kappa shape index (κ1) is 37.7. The average molecular weight is 551 g/mol. The monoisotopic (exact) mass is 550 g/mol. The molecule has 0 aliphatic heterocycles. The van der Waals surface area contributed by atoms with Crippen LogP contribution < -0.4 is 0 Å². The van der Waals surface area contributed by atoms with E-state index >= 15 is 0 Å². The maximum Gasteiger partial charge on any atom is 0.101 e. The van der Waals surface area contributed by atoms with Crippen molar-refractivity contribution in [2.75, 3.05) is 0 Å². The number of rotatable bonds is 16. The first-order chi connectivity index (χ1) is 16.7. The van der Waals surface area contributed by atoms with Crippen LogP contribution in [0.15, 0.2) is 0 Å². The SMILES string of the molecule is CC(CC(CC(C)(CCC(C)(C)OOC(C)(C)C)OOC(C)(C)C)C(C)OOC(C)(C)C)OOC(C)(C)C. The molecule has 8 nitrogen and oxygen atoms in total. The quantitative estimate of drug-likeness (QED) is 0.140. The van der Waals surface area contributed by atoms with E-state index < -0.39 is 33.6 Å². The molecule has 0 aliphatic carbocycles. The summed E-state index contributed by atoms with van der Waals surface area (Å²) < 4.78 is 0. The smallest absolute Gasteiger partial charge is 0.101 e. The summed E-state index contributed by atoms with van der Waals surface area (Å²) >= 11 is 0. The first-order valence-corrected chi connectivity index (χ1v) is 14.1. The maximum atomic E-state index is 6.19. The molecule has 0 N–H and O–H groups in total. The molecule has 8 heteroatoms. The van der Waals surface area contributed by atoms with Gasteiger partial charge in [0.25, 0.3) is 0 Å². The molecule has 0 amide bonds. The zero-order valence-electron chi connectivity index (χ0n) is 27.8. The maximum absolute atomic E-state index is 6.19. The van der Waals surface area contributed by atoms with Gasteiger partial charge in [-0.25, -0.2) is 39.1 Å². The Morgan fingerprint density at radius 3 is 1.34 bits per heavy atom. The van der Waals surface area contributed by atoms with Gasteiger partial charge in [-0.3, -0.25) is 0 Å². The van der Waals surface area contributed by atoms with Gasteiger partial charge >= 0.3 is 0 Å². The highest BCUT2D eigenvalue weighted by molar-refractivity contribution is 4.85. The summed E-state index contributed by atoms with van der Waals surface area (Å²) in [7, 11) is 0. The Morgan fingerprint density at radius 1 is 0.474 bits per heavy atom. The lowest BCUT2D eigenvalue weighted by molar-refractivity contribution is -0.418. The van der Waals surface area contributed by atoms with E-state index in [0.717, 1.165) is 0 Å². The van der Waals surface area contributed by atoms with Crippen molar-refractivity contribution >= 4 is 0 Å². The minimum absolute atomic E-state index is 0.0133. The lowest BCUT2D eigenvalue weighted by atomic mass is 9.81. The lowest BCUT2D eigenvalue weighted by Gasteiger charge is -2.39. The van der Waals surface area contributed by atoms with Crippen LogP contribution in [0.2, 0.25) is 0 Å². The Kier molecular flexibility index (Phi) is 14.4. The molecule has 0 fully saturated rings. The molecule has 0 aliphatic rings. The predicted molar refractivity (Wildman–Crippen MR) is 151 cm³/mol. The van der Waals surface area contributed by atoms with Gasteiger partial charge in [-0.15, -0.1) is 0 Å². The fourth-order valence-corrected chi connectivity index (χ4v) is 3.23. The molecule has 0 spiro atoms. The Hall–Kier alpha value is -0.320. The number of hydrogen-bond acceptors (Lipinski definition) is 8. The summed E-state index contributed by atoms with van der Waals surface area (Å²) in [4.78, 5) is 46.4. The van der Waals surface area contributed by atoms with Crippen LogP contribution in [0.4, 0.5) is 0 Å². The summed E-state index contributed by atoms with van der Waals surface area (Å²) in [6.07, 6.45) is 2.25. The molecule has 38 heavy (non-hydrogen) atoms. The van der Waals surface area contributed by atoms with Crippen molar-refractivity contribution in [3.63, 3.8) is 0 Å². The molecule has 0 radical (unpaired) electrons. The van der Waals surface area contributed by atoms with Gasteiger partial charge in [0.2, 0.25) is 0 Å². The van der Waals surface area contributed by atoms with E-state index in [1.165, 1.54) is 0 Å². The van der Waals surface area contributed by atoms with Crippen LogP contribution in [-0.4, -0.2) is 45.8 Å². The van der Waals surface area contributed by atoms with Crippen molar-refractivity contribution in [1.29, 1.82) is 0 Å². The van der Waals surface area contributed by atoms with Crippen molar-refractivity contribution in [3.05, 3.63) is 0 Å². The molecular formula is C30H62O8. The second kappa shape index (κ2) is 14.5. The summed E-state index contributed by atoms with van der Waals surface area (Å²) in [6.45, 7) is 33.7. The third-order valence-electron chi connectivity index (χ3n) is 5.17. The van der Waals surface area contributed by atoms with Crippen molar-refractivity contribution in [2.24, 2.45) is 5.92 Å². The van der Waals surface area contributed by atoms with Crippen LogP contribution in [-0.2, 0) is 39.1 Å². The normalized spacial score (nSPS) is 18.2. The summed E-state index contributed by atoms with van der Waals surface area (Å²) in [5.74, 6) is 0.0133. The molecule has 0 saturated heterocycles. The van der Waals surface area contributed by atoms with Gasteiger partial charge in [0, 0.05) is 0 Å². The molecule has 0 aromatic carbocycles. The molecule has 4 unspecified atom stereocenters. The van der Waals surface area contributed by atoms with Crippen LogP contribution in [0.25, 0.3) is 0 Å². The van der Waals surface area contributed by atoms with Gasteiger partial charge in [-0.1, -0.05) is 0 Å². The van der Waals surface area contributed by atoms with Gasteiger partial charge in [-0.2, -0.15) is 0 Å². The van der Waals surface area contributed by atoms with E-state index in [1.54, 1.807) is 0 Å². The summed E-state index contributed by atoms with van der Waals surface area (Å²) in [6, 6.07) is 0. The Morgan fingerprint density at radius 2 is 0.895 bits per heavy atom. The first-order valence-electron chi connectivity index (χ1n) is 14.1. The zero-order chi connectivity index (χ0) is 30.2. The van der Waals surface area contributed by atoms with E-state index in [0.29, 0.717) is 25.7 Å². The highest BCUT2D eigenvalue weighted by Crippen LogP contribution is 2.36. The molecule has 0 aromatic heterocycles. The zero-order valence-corrected chi connectivity index (χ0v) is 27.8. The molecule has 0 heterocycles. The van der Waals surface area contributed by atoms with Crippen molar-refractivity contribution in [1.82, 2.24) is 0 Å². The van der Waals surface area contributed by atoms with Gasteiger partial charge in [0.05, 0.1) is 40.2 Å². The second-order valence-electron chi connectivity index (χ2n) is 15.6. The topological polar surface area (TPSA) is 73.8 Å². The van der Waals surface area contributed by atoms with Gasteiger partial charge in [0.1, 0.15) is 5.60 Å². The van der Waals surface area contributed by atoms with E-state index in [4.69, 9.17) is 39.1 Å². The Balaban J connectivity index is 5.81. The van der Waals surface area contributed by atoms with E-state index in [2.05, 4.69) is 6.92 Å². The second-order valence-corrected chi connectivity index (χ2v) is 15.6. The summed E-state index contributed by atoms with van der Waals surface area (Å²) in [5, 5.41) is 0. The minimum atomic E-state index is -0.649. The van der Waals surface area contributed by atoms with E-state index in [-0.39, 0.29) is 18.1 Å². The third-order valence-corrected chi connectivity index (χ3v) is 5.17.